The quantitative estimate of drug-likeness (QED) is 0.213. The van der Waals surface area contributed by atoms with Crippen LogP contribution in [0, 0.1) is 0 Å². The summed E-state index contributed by atoms with van der Waals surface area (Å²) in [5, 5.41) is 45.9. The van der Waals surface area contributed by atoms with Crippen molar-refractivity contribution in [3.63, 3.8) is 0 Å². The van der Waals surface area contributed by atoms with E-state index in [-0.39, 0.29) is 84.7 Å². The average Bonchev–Trinajstić information content (AvgIpc) is 3.17. The molecule has 13 atom stereocenters. The number of aromatic hydroxyl groups is 2. The van der Waals surface area contributed by atoms with Gasteiger partial charge < -0.3 is 70.9 Å². The summed E-state index contributed by atoms with van der Waals surface area (Å²) in [6, 6.07) is 5.11. The van der Waals surface area contributed by atoms with Gasteiger partial charge in [0.05, 0.1) is 48.3 Å². The van der Waals surface area contributed by atoms with E-state index in [2.05, 4.69) is 0 Å². The predicted molar refractivity (Wildman–Crippen MR) is 202 cm³/mol. The SMILES string of the molecule is CCC1(O)CC(OC2CC(N(C)C)C(OC3CC(O)C(OC4CCC(=O)C(C)O4)C(C)O3)C(C)O2)c2c(cc3c(c2O)C(=O)c2c(O)cccc2C3=O)C1C(=O)OC.[Cl-].[H+]. The molecule has 2 aliphatic carbocycles. The zero-order chi connectivity index (χ0) is 42.0. The Hall–Kier alpha value is -3.55. The second-order valence-electron chi connectivity index (χ2n) is 16.3. The van der Waals surface area contributed by atoms with Crippen LogP contribution in [-0.4, -0.2) is 137 Å². The van der Waals surface area contributed by atoms with E-state index < -0.39 is 102 Å². The Bertz CT molecular complexity index is 1950. The molecule has 3 saturated heterocycles. The summed E-state index contributed by atoms with van der Waals surface area (Å²) in [6.07, 6.45) is -6.64. The Morgan fingerprint density at radius 1 is 0.915 bits per heavy atom. The summed E-state index contributed by atoms with van der Waals surface area (Å²) in [7, 11) is 4.91. The molecule has 13 unspecified atom stereocenters. The number of nitrogens with zero attached hydrogens (tertiary/aromatic N) is 1. The molecular formula is C42H54ClNO15. The van der Waals surface area contributed by atoms with Gasteiger partial charge in [0.15, 0.2) is 30.4 Å². The van der Waals surface area contributed by atoms with Crippen LogP contribution in [0.1, 0.15) is 123 Å². The summed E-state index contributed by atoms with van der Waals surface area (Å²) in [5.74, 6) is -4.59. The van der Waals surface area contributed by atoms with Crippen LogP contribution in [0.25, 0.3) is 0 Å². The molecule has 4 N–H and O–H groups in total. The number of ketones is 3. The van der Waals surface area contributed by atoms with Crippen molar-refractivity contribution in [2.75, 3.05) is 21.2 Å². The number of ether oxygens (including phenoxy) is 7. The number of phenols is 2. The van der Waals surface area contributed by atoms with E-state index in [0.29, 0.717) is 12.8 Å². The highest BCUT2D eigenvalue weighted by Crippen LogP contribution is 2.54. The fourth-order valence-corrected chi connectivity index (χ4v) is 9.27. The van der Waals surface area contributed by atoms with Crippen molar-refractivity contribution in [3.8, 4) is 11.5 Å². The molecule has 0 amide bonds. The Morgan fingerprint density at radius 2 is 1.58 bits per heavy atom. The van der Waals surface area contributed by atoms with Crippen LogP contribution in [0.4, 0.5) is 0 Å². The first-order chi connectivity index (χ1) is 27.5. The van der Waals surface area contributed by atoms with Gasteiger partial charge in [-0.05, 0) is 59.0 Å². The molecule has 0 saturated carbocycles. The Balaban J connectivity index is 0.00000341. The normalized spacial score (nSPS) is 35.7. The van der Waals surface area contributed by atoms with Crippen molar-refractivity contribution in [1.82, 2.24) is 4.90 Å². The number of aliphatic hydroxyl groups excluding tert-OH is 1. The van der Waals surface area contributed by atoms with E-state index in [9.17, 15) is 39.6 Å². The molecular weight excluding hydrogens is 794 g/mol. The molecule has 0 bridgehead atoms. The van der Waals surface area contributed by atoms with Gasteiger partial charge in [0.25, 0.3) is 0 Å². The van der Waals surface area contributed by atoms with E-state index in [0.717, 1.165) is 0 Å². The Labute approximate surface area is 349 Å². The van der Waals surface area contributed by atoms with Crippen molar-refractivity contribution >= 4 is 23.3 Å². The lowest BCUT2D eigenvalue weighted by Crippen LogP contribution is -3.00. The number of phenolic OH excluding ortho intramolecular Hbond substituents is 2. The number of carbonyl (C=O) groups is 4. The second-order valence-corrected chi connectivity index (χ2v) is 16.3. The van der Waals surface area contributed by atoms with E-state index in [1.165, 1.54) is 31.4 Å². The highest BCUT2D eigenvalue weighted by Gasteiger charge is 2.53. The zero-order valence-corrected chi connectivity index (χ0v) is 34.8. The lowest BCUT2D eigenvalue weighted by Gasteiger charge is -2.48. The minimum Gasteiger partial charge on any atom is -1.00 e. The standard InChI is InChI=1S/C42H53NO15.ClH/c1-8-42(51)17-28(33-22(35(42)41(50)52-7)14-23-34(38(33)49)37(48)32-21(36(23)47)10-9-11-26(32)45)56-30-15-24(43(5)6)39(19(3)54-30)58-31-16-27(46)40(20(4)55-31)57-29-13-12-25(44)18(2)53-29;/h9-11,14,18-20,24,27-31,35,39-40,45-46,49,51H,8,12-13,15-17H2,1-7H3;1H. The maximum atomic E-state index is 13.9. The number of aliphatic hydroxyl groups is 2. The molecule has 3 fully saturated rings. The molecule has 7 rings (SSSR count). The van der Waals surface area contributed by atoms with Crippen LogP contribution in [0.5, 0.6) is 11.5 Å². The summed E-state index contributed by atoms with van der Waals surface area (Å²) >= 11 is 0. The van der Waals surface area contributed by atoms with Gasteiger partial charge in [-0.2, -0.15) is 0 Å². The lowest BCUT2D eigenvalue weighted by molar-refractivity contribution is -0.324. The van der Waals surface area contributed by atoms with Gasteiger partial charge in [0.2, 0.25) is 5.78 Å². The smallest absolute Gasteiger partial charge is 1.00 e. The molecule has 16 nitrogen and oxygen atoms in total. The predicted octanol–water partition coefficient (Wildman–Crippen LogP) is 0.274. The zero-order valence-electron chi connectivity index (χ0n) is 35.1. The third-order valence-corrected chi connectivity index (χ3v) is 12.4. The summed E-state index contributed by atoms with van der Waals surface area (Å²) in [6.45, 7) is 6.95. The van der Waals surface area contributed by atoms with E-state index in [1.54, 1.807) is 27.7 Å². The number of likely N-dealkylation sites (N-methyl/N-ethyl adjacent to an activating group) is 1. The van der Waals surface area contributed by atoms with Crippen molar-refractivity contribution in [1.29, 1.82) is 0 Å². The van der Waals surface area contributed by atoms with Gasteiger partial charge in [-0.15, -0.1) is 0 Å². The molecule has 3 aliphatic heterocycles. The van der Waals surface area contributed by atoms with Crippen molar-refractivity contribution in [3.05, 3.63) is 57.6 Å². The number of hydrogen-bond acceptors (Lipinski definition) is 16. The number of carbonyl (C=O) groups excluding carboxylic acids is 4. The first kappa shape index (κ1) is 45.0. The van der Waals surface area contributed by atoms with Gasteiger partial charge in [0.1, 0.15) is 35.7 Å². The van der Waals surface area contributed by atoms with Crippen LogP contribution in [0.15, 0.2) is 24.3 Å². The van der Waals surface area contributed by atoms with Crippen LogP contribution >= 0.6 is 0 Å². The molecule has 0 spiro atoms. The minimum absolute atomic E-state index is 0. The first-order valence-corrected chi connectivity index (χ1v) is 19.9. The molecule has 17 heteroatoms. The highest BCUT2D eigenvalue weighted by atomic mass is 35.5. The average molecular weight is 848 g/mol. The van der Waals surface area contributed by atoms with Crippen molar-refractivity contribution < 1.29 is 86.6 Å². The lowest BCUT2D eigenvalue weighted by atomic mass is 9.67. The number of halogens is 1. The number of methoxy groups -OCH3 is 1. The van der Waals surface area contributed by atoms with Gasteiger partial charge in [0, 0.05) is 54.8 Å². The molecule has 2 aromatic rings. The molecule has 5 aliphatic rings. The van der Waals surface area contributed by atoms with E-state index >= 15 is 0 Å². The van der Waals surface area contributed by atoms with Gasteiger partial charge in [-0.1, -0.05) is 19.1 Å². The van der Waals surface area contributed by atoms with Crippen LogP contribution < -0.4 is 12.4 Å². The van der Waals surface area contributed by atoms with Crippen LogP contribution in [-0.2, 0) is 42.7 Å². The Morgan fingerprint density at radius 3 is 2.20 bits per heavy atom. The number of esters is 1. The van der Waals surface area contributed by atoms with Crippen molar-refractivity contribution in [2.24, 2.45) is 0 Å². The molecule has 0 aromatic heterocycles. The topological polar surface area (TPSA) is 217 Å². The Kier molecular flexibility index (Phi) is 13.3. The third-order valence-electron chi connectivity index (χ3n) is 12.4. The number of rotatable bonds is 9. The van der Waals surface area contributed by atoms with Gasteiger partial charge >= 0.3 is 7.40 Å². The van der Waals surface area contributed by atoms with Crippen LogP contribution in [0.2, 0.25) is 0 Å². The van der Waals surface area contributed by atoms with E-state index in [1.807, 2.05) is 19.0 Å². The molecule has 0 radical (unpaired) electrons. The van der Waals surface area contributed by atoms with E-state index in [4.69, 9.17) is 33.2 Å². The number of benzene rings is 2. The monoisotopic (exact) mass is 847 g/mol. The van der Waals surface area contributed by atoms with Crippen molar-refractivity contribution in [2.45, 2.75) is 145 Å². The minimum atomic E-state index is -1.76. The maximum absolute atomic E-state index is 13.9. The van der Waals surface area contributed by atoms with Gasteiger partial charge in [-0.25, -0.2) is 0 Å². The fraction of sp³-hybridized carbons (Fsp3) is 0.619. The molecule has 2 aromatic carbocycles. The molecule has 324 valence electrons. The number of Topliss-reactive ketones (excluding diaryl/α,β-unsaturated/α-hetero) is 1. The number of hydrogen-bond donors (Lipinski definition) is 4. The second kappa shape index (κ2) is 17.4. The molecule has 3 heterocycles. The largest absolute Gasteiger partial charge is 1.00 e. The summed E-state index contributed by atoms with van der Waals surface area (Å²) in [4.78, 5) is 55.0. The third kappa shape index (κ3) is 8.16. The fourth-order valence-electron chi connectivity index (χ4n) is 9.27. The summed E-state index contributed by atoms with van der Waals surface area (Å²) in [5.41, 5.74) is -2.49. The van der Waals surface area contributed by atoms with Gasteiger partial charge in [-0.3, -0.25) is 19.2 Å². The number of fused-ring (bicyclic) bond motifs is 3. The maximum Gasteiger partial charge on any atom is 1.00 e. The van der Waals surface area contributed by atoms with Crippen LogP contribution in [0.3, 0.4) is 0 Å². The highest BCUT2D eigenvalue weighted by molar-refractivity contribution is 6.30. The molecule has 59 heavy (non-hydrogen) atoms. The summed E-state index contributed by atoms with van der Waals surface area (Å²) < 4.78 is 42.6. The first-order valence-electron chi connectivity index (χ1n) is 19.9.